The second-order valence-corrected chi connectivity index (χ2v) is 6.52. The van der Waals surface area contributed by atoms with Crippen LogP contribution in [0, 0.1) is 22.8 Å². The molecule has 0 fully saturated rings. The molecule has 0 saturated heterocycles. The lowest BCUT2D eigenvalue weighted by Crippen LogP contribution is -2.35. The van der Waals surface area contributed by atoms with Gasteiger partial charge in [0.25, 0.3) is 0 Å². The van der Waals surface area contributed by atoms with Crippen LogP contribution in [0.25, 0.3) is 5.70 Å². The fraction of sp³-hybridized carbons (Fsp3) is 0.190. The zero-order valence-electron chi connectivity index (χ0n) is 14.9. The summed E-state index contributed by atoms with van der Waals surface area (Å²) in [5.74, 6) is 1.23. The maximum Gasteiger partial charge on any atom is 0.207 e. The fourth-order valence-electron chi connectivity index (χ4n) is 2.97. The van der Waals surface area contributed by atoms with Gasteiger partial charge in [0, 0.05) is 18.2 Å². The first kappa shape index (κ1) is 17.3. The SMILES string of the molecule is CN(C1=CC(C)(C)Oc2ccc(C#N)cc21)C(=NC#N)c1ccccc1. The number of benzene rings is 2. The number of ether oxygens (including phenoxy) is 1. The first-order valence-electron chi connectivity index (χ1n) is 8.17. The maximum atomic E-state index is 9.25. The predicted molar refractivity (Wildman–Crippen MR) is 100 cm³/mol. The lowest BCUT2D eigenvalue weighted by Gasteiger charge is -2.35. The van der Waals surface area contributed by atoms with Gasteiger partial charge in [0.2, 0.25) is 6.19 Å². The molecule has 26 heavy (non-hydrogen) atoms. The molecule has 5 heteroatoms. The second kappa shape index (κ2) is 6.74. The molecule has 0 amide bonds. The van der Waals surface area contributed by atoms with Gasteiger partial charge >= 0.3 is 0 Å². The lowest BCUT2D eigenvalue weighted by atomic mass is 9.96. The van der Waals surface area contributed by atoms with Crippen LogP contribution in [0.5, 0.6) is 5.75 Å². The van der Waals surface area contributed by atoms with E-state index in [1.54, 1.807) is 18.2 Å². The van der Waals surface area contributed by atoms with Gasteiger partial charge in [0.15, 0.2) is 5.84 Å². The van der Waals surface area contributed by atoms with Crippen molar-refractivity contribution >= 4 is 11.5 Å². The summed E-state index contributed by atoms with van der Waals surface area (Å²) < 4.78 is 6.03. The highest BCUT2D eigenvalue weighted by molar-refractivity contribution is 6.04. The molecule has 0 spiro atoms. The monoisotopic (exact) mass is 342 g/mol. The highest BCUT2D eigenvalue weighted by Gasteiger charge is 2.30. The van der Waals surface area contributed by atoms with Crippen LogP contribution in [0.4, 0.5) is 0 Å². The number of hydrogen-bond donors (Lipinski definition) is 0. The first-order valence-corrected chi connectivity index (χ1v) is 8.17. The van der Waals surface area contributed by atoms with Crippen molar-refractivity contribution in [1.82, 2.24) is 4.90 Å². The average Bonchev–Trinajstić information content (AvgIpc) is 2.64. The van der Waals surface area contributed by atoms with E-state index in [1.807, 2.05) is 68.4 Å². The predicted octanol–water partition coefficient (Wildman–Crippen LogP) is 3.93. The smallest absolute Gasteiger partial charge is 0.207 e. The highest BCUT2D eigenvalue weighted by Crippen LogP contribution is 2.38. The molecule has 0 unspecified atom stereocenters. The fourth-order valence-corrected chi connectivity index (χ4v) is 2.97. The number of aliphatic imine (C=N–C) groups is 1. The van der Waals surface area contributed by atoms with Crippen molar-refractivity contribution in [3.8, 4) is 18.0 Å². The van der Waals surface area contributed by atoms with Crippen LogP contribution in [-0.2, 0) is 0 Å². The topological polar surface area (TPSA) is 72.4 Å². The summed E-state index contributed by atoms with van der Waals surface area (Å²) in [4.78, 5) is 5.90. The van der Waals surface area contributed by atoms with E-state index in [0.29, 0.717) is 17.1 Å². The average molecular weight is 342 g/mol. The van der Waals surface area contributed by atoms with Gasteiger partial charge in [0.05, 0.1) is 17.3 Å². The van der Waals surface area contributed by atoms with Crippen LogP contribution in [-0.4, -0.2) is 23.4 Å². The highest BCUT2D eigenvalue weighted by atomic mass is 16.5. The summed E-state index contributed by atoms with van der Waals surface area (Å²) in [5.41, 5.74) is 2.49. The van der Waals surface area contributed by atoms with Gasteiger partial charge in [-0.15, -0.1) is 0 Å². The number of amidine groups is 1. The molecule has 0 aromatic heterocycles. The molecule has 0 bridgehead atoms. The number of nitriles is 2. The van der Waals surface area contributed by atoms with Gasteiger partial charge < -0.3 is 9.64 Å². The van der Waals surface area contributed by atoms with Gasteiger partial charge in [-0.3, -0.25) is 0 Å². The van der Waals surface area contributed by atoms with Crippen LogP contribution in [0.2, 0.25) is 0 Å². The van der Waals surface area contributed by atoms with Crippen molar-refractivity contribution in [2.24, 2.45) is 4.99 Å². The summed E-state index contributed by atoms with van der Waals surface area (Å²) in [6.07, 6.45) is 3.87. The summed E-state index contributed by atoms with van der Waals surface area (Å²) >= 11 is 0. The third kappa shape index (κ3) is 3.29. The Morgan fingerprint density at radius 2 is 1.85 bits per heavy atom. The van der Waals surface area contributed by atoms with Crippen LogP contribution < -0.4 is 4.74 Å². The molecular weight excluding hydrogens is 324 g/mol. The minimum Gasteiger partial charge on any atom is -0.483 e. The number of hydrogen-bond acceptors (Lipinski definition) is 4. The second-order valence-electron chi connectivity index (χ2n) is 6.52. The van der Waals surface area contributed by atoms with Crippen molar-refractivity contribution < 1.29 is 4.74 Å². The normalized spacial score (nSPS) is 15.0. The molecule has 1 aliphatic heterocycles. The Labute approximate surface area is 153 Å². The maximum absolute atomic E-state index is 9.25. The lowest BCUT2D eigenvalue weighted by molar-refractivity contribution is 0.156. The molecule has 0 radical (unpaired) electrons. The Bertz CT molecular complexity index is 975. The zero-order valence-corrected chi connectivity index (χ0v) is 14.9. The van der Waals surface area contributed by atoms with Crippen molar-refractivity contribution in [1.29, 1.82) is 10.5 Å². The molecule has 0 atom stereocenters. The summed E-state index contributed by atoms with van der Waals surface area (Å²) in [6.45, 7) is 3.93. The number of rotatable bonds is 2. The van der Waals surface area contributed by atoms with Crippen LogP contribution in [0.15, 0.2) is 59.6 Å². The Hall–Kier alpha value is -3.57. The molecule has 2 aromatic rings. The molecule has 0 N–H and O–H groups in total. The van der Waals surface area contributed by atoms with Crippen molar-refractivity contribution in [3.63, 3.8) is 0 Å². The third-order valence-electron chi connectivity index (χ3n) is 4.11. The number of fused-ring (bicyclic) bond motifs is 1. The van der Waals surface area contributed by atoms with E-state index in [0.717, 1.165) is 16.8 Å². The van der Waals surface area contributed by atoms with Crippen molar-refractivity contribution in [3.05, 3.63) is 71.3 Å². The molecule has 128 valence electrons. The van der Waals surface area contributed by atoms with Gasteiger partial charge in [0.1, 0.15) is 11.4 Å². The zero-order chi connectivity index (χ0) is 18.7. The minimum atomic E-state index is -0.529. The number of nitrogens with zero attached hydrogens (tertiary/aromatic N) is 4. The van der Waals surface area contributed by atoms with Gasteiger partial charge in [-0.25, -0.2) is 0 Å². The van der Waals surface area contributed by atoms with Gasteiger partial charge in [-0.1, -0.05) is 30.3 Å². The van der Waals surface area contributed by atoms with Crippen LogP contribution >= 0.6 is 0 Å². The molecule has 0 aliphatic carbocycles. The summed E-state index contributed by atoms with van der Waals surface area (Å²) in [6, 6.07) is 17.0. The molecule has 0 saturated carbocycles. The molecular formula is C21H18N4O. The van der Waals surface area contributed by atoms with E-state index < -0.39 is 5.60 Å². The van der Waals surface area contributed by atoms with Gasteiger partial charge in [-0.05, 0) is 38.1 Å². The Morgan fingerprint density at radius 1 is 1.12 bits per heavy atom. The Kier molecular flexibility index (Phi) is 4.47. The molecule has 1 heterocycles. The van der Waals surface area contributed by atoms with E-state index >= 15 is 0 Å². The third-order valence-corrected chi connectivity index (χ3v) is 4.11. The van der Waals surface area contributed by atoms with E-state index in [2.05, 4.69) is 11.1 Å². The Morgan fingerprint density at radius 3 is 2.50 bits per heavy atom. The van der Waals surface area contributed by atoms with Gasteiger partial charge in [-0.2, -0.15) is 15.5 Å². The molecule has 3 rings (SSSR count). The van der Waals surface area contributed by atoms with Crippen LogP contribution in [0.1, 0.15) is 30.5 Å². The Balaban J connectivity index is 2.15. The van der Waals surface area contributed by atoms with Crippen molar-refractivity contribution in [2.75, 3.05) is 7.05 Å². The summed E-state index contributed by atoms with van der Waals surface area (Å²) in [5, 5.41) is 18.4. The van der Waals surface area contributed by atoms with E-state index in [9.17, 15) is 10.5 Å². The minimum absolute atomic E-state index is 0.529. The van der Waals surface area contributed by atoms with Crippen molar-refractivity contribution in [2.45, 2.75) is 19.4 Å². The molecule has 5 nitrogen and oxygen atoms in total. The van der Waals surface area contributed by atoms with E-state index in [4.69, 9.17) is 4.74 Å². The first-order chi connectivity index (χ1) is 12.4. The van der Waals surface area contributed by atoms with E-state index in [1.165, 1.54) is 0 Å². The quantitative estimate of drug-likeness (QED) is 0.471. The largest absolute Gasteiger partial charge is 0.483 e. The molecule has 2 aromatic carbocycles. The molecule has 1 aliphatic rings. The standard InChI is InChI=1S/C21H18N4O/c1-21(2)12-18(17-11-15(13-22)9-10-19(17)26-21)25(3)20(24-14-23)16-7-5-4-6-8-16/h4-12H,1-3H3. The van der Waals surface area contributed by atoms with Crippen LogP contribution in [0.3, 0.4) is 0 Å². The summed E-state index contributed by atoms with van der Waals surface area (Å²) in [7, 11) is 1.86. The van der Waals surface area contributed by atoms with E-state index in [-0.39, 0.29) is 0 Å².